The van der Waals surface area contributed by atoms with Crippen LogP contribution in [0.15, 0.2) is 72.8 Å². The van der Waals surface area contributed by atoms with Crippen LogP contribution in [0.25, 0.3) is 10.8 Å². The van der Waals surface area contributed by atoms with Gasteiger partial charge in [-0.05, 0) is 49.2 Å². The minimum absolute atomic E-state index is 0.0668. The van der Waals surface area contributed by atoms with Crippen molar-refractivity contribution in [3.05, 3.63) is 83.9 Å². The van der Waals surface area contributed by atoms with Crippen molar-refractivity contribution in [2.75, 3.05) is 0 Å². The smallest absolute Gasteiger partial charge is 0.254 e. The zero-order chi connectivity index (χ0) is 17.2. The van der Waals surface area contributed by atoms with Crippen LogP contribution in [-0.4, -0.2) is 16.3 Å². The summed E-state index contributed by atoms with van der Waals surface area (Å²) >= 11 is 0. The maximum Gasteiger partial charge on any atom is 0.254 e. The first-order chi connectivity index (χ1) is 11.4. The van der Waals surface area contributed by atoms with Gasteiger partial charge in [-0.2, -0.15) is 0 Å². The fourth-order valence-electron chi connectivity index (χ4n) is 2.86. The van der Waals surface area contributed by atoms with E-state index in [0.29, 0.717) is 6.54 Å². The molecule has 0 aliphatic heterocycles. The molecule has 0 atom stereocenters. The molecule has 0 radical (unpaired) electrons. The van der Waals surface area contributed by atoms with Crippen molar-refractivity contribution in [2.24, 2.45) is 0 Å². The van der Waals surface area contributed by atoms with Crippen molar-refractivity contribution >= 4 is 16.7 Å². The summed E-state index contributed by atoms with van der Waals surface area (Å²) in [4.78, 5) is 15.1. The highest BCUT2D eigenvalue weighted by Gasteiger charge is 2.27. The molecule has 0 saturated carbocycles. The number of benzene rings is 3. The largest absolute Gasteiger partial charge is 0.329 e. The Bertz CT molecular complexity index is 846. The van der Waals surface area contributed by atoms with Crippen LogP contribution in [-0.2, 0) is 6.54 Å². The van der Waals surface area contributed by atoms with Crippen LogP contribution < -0.4 is 0 Å². The van der Waals surface area contributed by atoms with E-state index in [9.17, 15) is 4.79 Å². The first kappa shape index (κ1) is 16.3. The minimum atomic E-state index is -0.251. The van der Waals surface area contributed by atoms with Crippen LogP contribution in [0.2, 0.25) is 0 Å². The predicted molar refractivity (Wildman–Crippen MR) is 100 cm³/mol. The van der Waals surface area contributed by atoms with E-state index < -0.39 is 0 Å². The molecule has 0 unspecified atom stereocenters. The zero-order valence-corrected chi connectivity index (χ0v) is 14.5. The number of hydrogen-bond acceptors (Lipinski definition) is 1. The molecule has 0 saturated heterocycles. The van der Waals surface area contributed by atoms with E-state index in [0.717, 1.165) is 21.9 Å². The lowest BCUT2D eigenvalue weighted by atomic mass is 10.0. The van der Waals surface area contributed by atoms with Gasteiger partial charge in [0.25, 0.3) is 5.91 Å². The van der Waals surface area contributed by atoms with E-state index in [4.69, 9.17) is 0 Å². The second-order valence-corrected chi connectivity index (χ2v) is 7.11. The van der Waals surface area contributed by atoms with Crippen molar-refractivity contribution in [2.45, 2.75) is 32.9 Å². The Morgan fingerprint density at radius 3 is 2.12 bits per heavy atom. The lowest BCUT2D eigenvalue weighted by Crippen LogP contribution is -2.45. The van der Waals surface area contributed by atoms with Crippen LogP contribution in [0.3, 0.4) is 0 Å². The van der Waals surface area contributed by atoms with E-state index in [1.807, 2.05) is 59.5 Å². The minimum Gasteiger partial charge on any atom is -0.329 e. The lowest BCUT2D eigenvalue weighted by molar-refractivity contribution is 0.0559. The molecule has 0 aromatic heterocycles. The number of nitrogens with zero attached hydrogens (tertiary/aromatic N) is 1. The van der Waals surface area contributed by atoms with E-state index in [1.54, 1.807) is 0 Å². The maximum atomic E-state index is 13.2. The molecule has 24 heavy (non-hydrogen) atoms. The van der Waals surface area contributed by atoms with Gasteiger partial charge >= 0.3 is 0 Å². The highest BCUT2D eigenvalue weighted by atomic mass is 16.2. The molecule has 2 nitrogen and oxygen atoms in total. The van der Waals surface area contributed by atoms with Crippen molar-refractivity contribution in [1.82, 2.24) is 4.90 Å². The van der Waals surface area contributed by atoms with E-state index in [1.165, 1.54) is 0 Å². The van der Waals surface area contributed by atoms with Gasteiger partial charge in [-0.15, -0.1) is 0 Å². The Morgan fingerprint density at radius 2 is 1.46 bits per heavy atom. The quantitative estimate of drug-likeness (QED) is 0.643. The van der Waals surface area contributed by atoms with Crippen LogP contribution in [0.5, 0.6) is 0 Å². The molecular weight excluding hydrogens is 294 g/mol. The Morgan fingerprint density at radius 1 is 0.833 bits per heavy atom. The van der Waals surface area contributed by atoms with Gasteiger partial charge in [0.1, 0.15) is 0 Å². The Balaban J connectivity index is 1.95. The highest BCUT2D eigenvalue weighted by molar-refractivity contribution is 5.98. The first-order valence-corrected chi connectivity index (χ1v) is 8.30. The molecule has 2 heteroatoms. The van der Waals surface area contributed by atoms with Gasteiger partial charge in [0, 0.05) is 17.6 Å². The summed E-state index contributed by atoms with van der Waals surface area (Å²) in [6, 6.07) is 24.2. The fourth-order valence-corrected chi connectivity index (χ4v) is 2.86. The molecule has 0 bridgehead atoms. The van der Waals surface area contributed by atoms with Crippen molar-refractivity contribution < 1.29 is 4.79 Å². The average molecular weight is 317 g/mol. The third kappa shape index (κ3) is 3.48. The van der Waals surface area contributed by atoms with Crippen molar-refractivity contribution in [1.29, 1.82) is 0 Å². The second-order valence-electron chi connectivity index (χ2n) is 7.11. The molecule has 0 aliphatic carbocycles. The topological polar surface area (TPSA) is 20.3 Å². The van der Waals surface area contributed by atoms with Crippen LogP contribution in [0.4, 0.5) is 0 Å². The van der Waals surface area contributed by atoms with Crippen LogP contribution >= 0.6 is 0 Å². The summed E-state index contributed by atoms with van der Waals surface area (Å²) in [5.41, 5.74) is 1.62. The number of amides is 1. The molecule has 0 N–H and O–H groups in total. The molecule has 0 spiro atoms. The van der Waals surface area contributed by atoms with E-state index in [2.05, 4.69) is 39.0 Å². The van der Waals surface area contributed by atoms with Gasteiger partial charge in [-0.1, -0.05) is 60.7 Å². The number of fused-ring (bicyclic) bond motifs is 1. The van der Waals surface area contributed by atoms with Gasteiger partial charge in [0.2, 0.25) is 0 Å². The van der Waals surface area contributed by atoms with Crippen LogP contribution in [0, 0.1) is 0 Å². The number of carbonyl (C=O) groups excluding carboxylic acids is 1. The molecule has 1 amide bonds. The molecule has 0 fully saturated rings. The summed E-state index contributed by atoms with van der Waals surface area (Å²) in [5.74, 6) is 0.0668. The molecule has 3 rings (SSSR count). The molecule has 122 valence electrons. The predicted octanol–water partition coefficient (Wildman–Crippen LogP) is 5.28. The second kappa shape index (κ2) is 6.48. The van der Waals surface area contributed by atoms with Crippen molar-refractivity contribution in [3.8, 4) is 0 Å². The van der Waals surface area contributed by atoms with E-state index in [-0.39, 0.29) is 11.4 Å². The molecule has 0 aliphatic rings. The van der Waals surface area contributed by atoms with Gasteiger partial charge in [0.15, 0.2) is 0 Å². The third-order valence-electron chi connectivity index (χ3n) is 4.23. The van der Waals surface area contributed by atoms with Gasteiger partial charge < -0.3 is 4.90 Å². The monoisotopic (exact) mass is 317 g/mol. The van der Waals surface area contributed by atoms with Gasteiger partial charge in [-0.25, -0.2) is 0 Å². The molecule has 3 aromatic rings. The zero-order valence-electron chi connectivity index (χ0n) is 14.5. The van der Waals surface area contributed by atoms with Gasteiger partial charge in [0.05, 0.1) is 0 Å². The summed E-state index contributed by atoms with van der Waals surface area (Å²) < 4.78 is 0. The highest BCUT2D eigenvalue weighted by Crippen LogP contribution is 2.23. The van der Waals surface area contributed by atoms with Crippen LogP contribution in [0.1, 0.15) is 36.7 Å². The normalized spacial score (nSPS) is 11.5. The Labute approximate surface area is 143 Å². The van der Waals surface area contributed by atoms with Crippen molar-refractivity contribution in [3.63, 3.8) is 0 Å². The Kier molecular flexibility index (Phi) is 4.39. The number of carbonyl (C=O) groups is 1. The standard InChI is InChI=1S/C22H23NO/c1-22(2,3)23(16-17-9-5-4-6-10-17)21(24)20-14-13-18-11-7-8-12-19(18)15-20/h4-15H,16H2,1-3H3. The van der Waals surface area contributed by atoms with Gasteiger partial charge in [-0.3, -0.25) is 4.79 Å². The number of hydrogen-bond donors (Lipinski definition) is 0. The molecule has 0 heterocycles. The molecular formula is C22H23NO. The number of rotatable bonds is 3. The lowest BCUT2D eigenvalue weighted by Gasteiger charge is -2.36. The summed E-state index contributed by atoms with van der Waals surface area (Å²) in [7, 11) is 0. The average Bonchev–Trinajstić information content (AvgIpc) is 2.58. The summed E-state index contributed by atoms with van der Waals surface area (Å²) in [5, 5.41) is 2.25. The fraction of sp³-hybridized carbons (Fsp3) is 0.227. The molecule has 3 aromatic carbocycles. The summed E-state index contributed by atoms with van der Waals surface area (Å²) in [6.45, 7) is 6.84. The first-order valence-electron chi connectivity index (χ1n) is 8.30. The SMILES string of the molecule is CC(C)(C)N(Cc1ccccc1)C(=O)c1ccc2ccccc2c1. The summed E-state index contributed by atoms with van der Waals surface area (Å²) in [6.07, 6.45) is 0. The maximum absolute atomic E-state index is 13.2. The van der Waals surface area contributed by atoms with E-state index >= 15 is 0 Å². The Hall–Kier alpha value is -2.61. The third-order valence-corrected chi connectivity index (χ3v) is 4.23.